The number of carbonyl (C=O) groups excluding carboxylic acids is 1. The first-order valence-electron chi connectivity index (χ1n) is 12.9. The molecule has 12 heteroatoms. The van der Waals surface area contributed by atoms with E-state index in [4.69, 9.17) is 9.47 Å². The number of carbonyl (C=O) groups is 1. The van der Waals surface area contributed by atoms with Gasteiger partial charge in [0.15, 0.2) is 0 Å². The Morgan fingerprint density at radius 1 is 1.16 bits per heavy atom. The van der Waals surface area contributed by atoms with Gasteiger partial charge in [-0.25, -0.2) is 14.5 Å². The number of pyridine rings is 1. The Kier molecular flexibility index (Phi) is 8.12. The number of hydrogen-bond donors (Lipinski definition) is 0. The molecule has 4 heterocycles. The summed E-state index contributed by atoms with van der Waals surface area (Å²) in [6.07, 6.45) is 4.23. The molecule has 38 heavy (non-hydrogen) atoms. The maximum atomic E-state index is 13.3. The van der Waals surface area contributed by atoms with E-state index in [9.17, 15) is 13.6 Å². The molecule has 0 bridgehead atoms. The van der Waals surface area contributed by atoms with Gasteiger partial charge in [-0.1, -0.05) is 19.6 Å². The van der Waals surface area contributed by atoms with E-state index in [2.05, 4.69) is 34.6 Å². The Morgan fingerprint density at radius 2 is 1.87 bits per heavy atom. The van der Waals surface area contributed by atoms with Crippen molar-refractivity contribution in [3.8, 4) is 11.3 Å². The van der Waals surface area contributed by atoms with Crippen molar-refractivity contribution >= 4 is 30.9 Å². The van der Waals surface area contributed by atoms with Crippen LogP contribution in [0.4, 0.5) is 19.3 Å². The lowest BCUT2D eigenvalue weighted by Gasteiger charge is -2.37. The van der Waals surface area contributed by atoms with Crippen molar-refractivity contribution in [2.24, 2.45) is 0 Å². The fraction of sp³-hybridized carbons (Fsp3) is 0.577. The van der Waals surface area contributed by atoms with Gasteiger partial charge in [0.2, 0.25) is 0 Å². The number of nitrogens with zero attached hydrogens (tertiary/aromatic N) is 6. The van der Waals surface area contributed by atoms with Crippen LogP contribution >= 0.6 is 0 Å². The van der Waals surface area contributed by atoms with Crippen LogP contribution in [0.15, 0.2) is 30.7 Å². The van der Waals surface area contributed by atoms with Crippen molar-refractivity contribution in [2.45, 2.75) is 65.3 Å². The monoisotopic (exact) mass is 548 g/mol. The zero-order valence-electron chi connectivity index (χ0n) is 23.1. The summed E-state index contributed by atoms with van der Waals surface area (Å²) in [5.74, 6) is 0. The van der Waals surface area contributed by atoms with E-state index in [1.807, 2.05) is 37.5 Å². The number of anilines is 1. The summed E-state index contributed by atoms with van der Waals surface area (Å²) in [7, 11) is -1.27. The number of piperazine rings is 1. The number of rotatable bonds is 8. The van der Waals surface area contributed by atoms with Gasteiger partial charge in [0, 0.05) is 69.9 Å². The van der Waals surface area contributed by atoms with Gasteiger partial charge < -0.3 is 23.8 Å². The van der Waals surface area contributed by atoms with Crippen LogP contribution in [-0.4, -0.2) is 76.8 Å². The third-order valence-electron chi connectivity index (χ3n) is 6.36. The van der Waals surface area contributed by atoms with Gasteiger partial charge >= 0.3 is 12.6 Å². The average molecular weight is 549 g/mol. The van der Waals surface area contributed by atoms with Crippen molar-refractivity contribution in [3.05, 3.63) is 30.7 Å². The quantitative estimate of drug-likeness (QED) is 0.267. The van der Waals surface area contributed by atoms with Crippen molar-refractivity contribution < 1.29 is 23.0 Å². The predicted octanol–water partition coefficient (Wildman–Crippen LogP) is 5.66. The number of ether oxygens (including phenoxy) is 2. The zero-order chi connectivity index (χ0) is 27.7. The standard InChI is InChI=1S/C26H38F2N6O3Si/c1-26(2,3)37-25(35)32-11-9-31(10-12-32)21-7-8-29-23-20(21)15-22(19-16-30-34(17-19)24(27)28)33(23)18-36-13-14-38(4,5)6/h7-8,15-17,24H,9-14,18H2,1-6H3. The molecule has 9 nitrogen and oxygen atoms in total. The largest absolute Gasteiger partial charge is 0.444 e. The predicted molar refractivity (Wildman–Crippen MR) is 146 cm³/mol. The van der Waals surface area contributed by atoms with Crippen LogP contribution in [0, 0.1) is 0 Å². The highest BCUT2D eigenvalue weighted by Crippen LogP contribution is 2.34. The summed E-state index contributed by atoms with van der Waals surface area (Å²) in [6.45, 7) is 13.0. The van der Waals surface area contributed by atoms with E-state index in [-0.39, 0.29) is 12.8 Å². The SMILES string of the molecule is CC(C)(C)OC(=O)N1CCN(c2ccnc3c2cc(-c2cnn(C(F)F)c2)n3COCC[Si](C)(C)C)CC1. The smallest absolute Gasteiger partial charge is 0.410 e. The summed E-state index contributed by atoms with van der Waals surface area (Å²) in [5, 5.41) is 4.73. The molecule has 0 aliphatic carbocycles. The van der Waals surface area contributed by atoms with E-state index in [0.29, 0.717) is 54.4 Å². The lowest BCUT2D eigenvalue weighted by molar-refractivity contribution is 0.0240. The molecule has 3 aromatic rings. The first kappa shape index (κ1) is 28.0. The number of halogens is 2. The molecule has 0 unspecified atom stereocenters. The second-order valence-electron chi connectivity index (χ2n) is 11.8. The molecule has 1 saturated heterocycles. The molecule has 208 valence electrons. The molecule has 4 rings (SSSR count). The van der Waals surface area contributed by atoms with E-state index in [0.717, 1.165) is 17.1 Å². The van der Waals surface area contributed by atoms with Crippen LogP contribution in [0.1, 0.15) is 27.3 Å². The molecule has 0 atom stereocenters. The first-order chi connectivity index (χ1) is 17.8. The van der Waals surface area contributed by atoms with Gasteiger partial charge in [-0.15, -0.1) is 0 Å². The number of hydrogen-bond acceptors (Lipinski definition) is 6. The minimum atomic E-state index is -2.72. The highest BCUT2D eigenvalue weighted by molar-refractivity contribution is 6.76. The molecular formula is C26H38F2N6O3Si. The molecule has 0 saturated carbocycles. The molecule has 1 aliphatic heterocycles. The summed E-state index contributed by atoms with van der Waals surface area (Å²) in [6, 6.07) is 4.94. The van der Waals surface area contributed by atoms with E-state index < -0.39 is 20.2 Å². The molecule has 1 amide bonds. The molecule has 0 aromatic carbocycles. The van der Waals surface area contributed by atoms with Crippen LogP contribution in [0.5, 0.6) is 0 Å². The summed E-state index contributed by atoms with van der Waals surface area (Å²) in [4.78, 5) is 21.1. The van der Waals surface area contributed by atoms with E-state index in [1.165, 1.54) is 12.4 Å². The normalized spacial score (nSPS) is 15.1. The maximum Gasteiger partial charge on any atom is 0.410 e. The average Bonchev–Trinajstić information content (AvgIpc) is 3.45. The number of aromatic nitrogens is 4. The van der Waals surface area contributed by atoms with Crippen LogP contribution in [0.2, 0.25) is 25.7 Å². The van der Waals surface area contributed by atoms with E-state index in [1.54, 1.807) is 11.1 Å². The minimum absolute atomic E-state index is 0.256. The Morgan fingerprint density at radius 3 is 2.47 bits per heavy atom. The Balaban J connectivity index is 1.61. The number of amides is 1. The fourth-order valence-electron chi connectivity index (χ4n) is 4.35. The zero-order valence-corrected chi connectivity index (χ0v) is 24.1. The number of fused-ring (bicyclic) bond motifs is 1. The van der Waals surface area contributed by atoms with Gasteiger partial charge in [0.25, 0.3) is 0 Å². The Hall–Kier alpha value is -2.99. The molecule has 1 fully saturated rings. The van der Waals surface area contributed by atoms with Crippen LogP contribution in [0.3, 0.4) is 0 Å². The molecular weight excluding hydrogens is 510 g/mol. The highest BCUT2D eigenvalue weighted by atomic mass is 28.3. The fourth-order valence-corrected chi connectivity index (χ4v) is 5.10. The lowest BCUT2D eigenvalue weighted by Crippen LogP contribution is -2.50. The van der Waals surface area contributed by atoms with Crippen molar-refractivity contribution in [1.29, 1.82) is 0 Å². The summed E-state index contributed by atoms with van der Waals surface area (Å²) in [5.41, 5.74) is 2.43. The molecule has 0 spiro atoms. The Bertz CT molecular complexity index is 1260. The molecule has 0 radical (unpaired) electrons. The van der Waals surface area contributed by atoms with Gasteiger partial charge in [-0.2, -0.15) is 13.9 Å². The first-order valence-corrected chi connectivity index (χ1v) is 16.6. The Labute approximate surface area is 223 Å². The van der Waals surface area contributed by atoms with Crippen molar-refractivity contribution in [1.82, 2.24) is 24.2 Å². The van der Waals surface area contributed by atoms with Gasteiger partial charge in [-0.3, -0.25) is 0 Å². The number of alkyl halides is 2. The topological polar surface area (TPSA) is 77.7 Å². The second kappa shape index (κ2) is 11.0. The lowest BCUT2D eigenvalue weighted by atomic mass is 10.2. The van der Waals surface area contributed by atoms with E-state index >= 15 is 0 Å². The minimum Gasteiger partial charge on any atom is -0.444 e. The second-order valence-corrected chi connectivity index (χ2v) is 17.4. The third-order valence-corrected chi connectivity index (χ3v) is 8.06. The molecule has 1 aliphatic rings. The van der Waals surface area contributed by atoms with Gasteiger partial charge in [-0.05, 0) is 38.9 Å². The summed E-state index contributed by atoms with van der Waals surface area (Å²) < 4.78 is 40.7. The van der Waals surface area contributed by atoms with Crippen LogP contribution in [-0.2, 0) is 16.2 Å². The van der Waals surface area contributed by atoms with Crippen molar-refractivity contribution in [2.75, 3.05) is 37.7 Å². The molecule has 0 N–H and O–H groups in total. The summed E-state index contributed by atoms with van der Waals surface area (Å²) >= 11 is 0. The van der Waals surface area contributed by atoms with Gasteiger partial charge in [0.05, 0.1) is 11.9 Å². The third kappa shape index (κ3) is 6.71. The highest BCUT2D eigenvalue weighted by Gasteiger charge is 2.27. The maximum absolute atomic E-state index is 13.3. The van der Waals surface area contributed by atoms with Crippen LogP contribution < -0.4 is 4.90 Å². The van der Waals surface area contributed by atoms with Gasteiger partial charge in [0.1, 0.15) is 18.0 Å². The van der Waals surface area contributed by atoms with Crippen LogP contribution in [0.25, 0.3) is 22.3 Å². The molecule has 3 aromatic heterocycles. The van der Waals surface area contributed by atoms with Crippen molar-refractivity contribution in [3.63, 3.8) is 0 Å².